The highest BCUT2D eigenvalue weighted by Crippen LogP contribution is 2.50. The van der Waals surface area contributed by atoms with Crippen molar-refractivity contribution in [2.75, 3.05) is 13.7 Å². The molecule has 2 unspecified atom stereocenters. The van der Waals surface area contributed by atoms with Gasteiger partial charge in [-0.2, -0.15) is 0 Å². The molecule has 0 heterocycles. The van der Waals surface area contributed by atoms with E-state index in [2.05, 4.69) is 0 Å². The van der Waals surface area contributed by atoms with Crippen molar-refractivity contribution in [1.29, 1.82) is 0 Å². The zero-order chi connectivity index (χ0) is 10.1. The van der Waals surface area contributed by atoms with Gasteiger partial charge in [-0.1, -0.05) is 6.07 Å². The molecule has 3 heteroatoms. The van der Waals surface area contributed by atoms with Crippen LogP contribution in [0.4, 0.5) is 4.39 Å². The molecule has 1 saturated carbocycles. The number of ether oxygens (including phenoxy) is 1. The second-order valence-corrected chi connectivity index (χ2v) is 3.64. The van der Waals surface area contributed by atoms with E-state index in [0.29, 0.717) is 11.3 Å². The van der Waals surface area contributed by atoms with Gasteiger partial charge in [0.15, 0.2) is 0 Å². The number of hydrogen-bond acceptors (Lipinski definition) is 2. The van der Waals surface area contributed by atoms with Gasteiger partial charge in [-0.25, -0.2) is 4.39 Å². The molecule has 1 fully saturated rings. The molecular formula is C11H13FO2. The summed E-state index contributed by atoms with van der Waals surface area (Å²) >= 11 is 0. The molecule has 2 rings (SSSR count). The van der Waals surface area contributed by atoms with Crippen LogP contribution in [0, 0.1) is 11.7 Å². The Kier molecular flexibility index (Phi) is 2.42. The second-order valence-electron chi connectivity index (χ2n) is 3.64. The average molecular weight is 196 g/mol. The van der Waals surface area contributed by atoms with Gasteiger partial charge in [-0.15, -0.1) is 0 Å². The molecule has 2 nitrogen and oxygen atoms in total. The summed E-state index contributed by atoms with van der Waals surface area (Å²) in [6.07, 6.45) is 0.855. The van der Waals surface area contributed by atoms with Crippen LogP contribution in [0.25, 0.3) is 0 Å². The smallest absolute Gasteiger partial charge is 0.130 e. The van der Waals surface area contributed by atoms with Crippen molar-refractivity contribution >= 4 is 0 Å². The molecule has 0 amide bonds. The van der Waals surface area contributed by atoms with Crippen LogP contribution in [0.1, 0.15) is 17.9 Å². The van der Waals surface area contributed by atoms with Crippen LogP contribution in [0.2, 0.25) is 0 Å². The molecule has 1 aliphatic carbocycles. The molecule has 2 atom stereocenters. The Balaban J connectivity index is 2.32. The Hall–Kier alpha value is -1.09. The number of benzene rings is 1. The minimum absolute atomic E-state index is 0.127. The number of rotatable bonds is 3. The highest BCUT2D eigenvalue weighted by atomic mass is 19.1. The van der Waals surface area contributed by atoms with Crippen LogP contribution in [-0.2, 0) is 0 Å². The Morgan fingerprint density at radius 1 is 1.57 bits per heavy atom. The first kappa shape index (κ1) is 9.46. The first-order valence-electron chi connectivity index (χ1n) is 4.71. The molecule has 1 aromatic carbocycles. The predicted octanol–water partition coefficient (Wildman–Crippen LogP) is 1.93. The Morgan fingerprint density at radius 3 is 2.93 bits per heavy atom. The zero-order valence-electron chi connectivity index (χ0n) is 8.03. The maximum absolute atomic E-state index is 13.5. The SMILES string of the molecule is COc1cccc(F)c1C1CC1CO. The molecule has 76 valence electrons. The summed E-state index contributed by atoms with van der Waals surface area (Å²) in [6, 6.07) is 4.82. The number of methoxy groups -OCH3 is 1. The predicted molar refractivity (Wildman–Crippen MR) is 50.9 cm³/mol. The molecule has 0 aromatic heterocycles. The lowest BCUT2D eigenvalue weighted by atomic mass is 10.1. The monoisotopic (exact) mass is 196 g/mol. The van der Waals surface area contributed by atoms with Crippen molar-refractivity contribution in [3.8, 4) is 5.75 Å². The van der Waals surface area contributed by atoms with Crippen molar-refractivity contribution in [1.82, 2.24) is 0 Å². The van der Waals surface area contributed by atoms with E-state index in [0.717, 1.165) is 6.42 Å². The fourth-order valence-corrected chi connectivity index (χ4v) is 1.86. The molecule has 1 aliphatic rings. The van der Waals surface area contributed by atoms with Gasteiger partial charge in [-0.05, 0) is 30.4 Å². The van der Waals surface area contributed by atoms with Gasteiger partial charge in [0.05, 0.1) is 7.11 Å². The summed E-state index contributed by atoms with van der Waals surface area (Å²) in [4.78, 5) is 0. The number of halogens is 1. The fourth-order valence-electron chi connectivity index (χ4n) is 1.86. The van der Waals surface area contributed by atoms with E-state index in [1.54, 1.807) is 12.1 Å². The summed E-state index contributed by atoms with van der Waals surface area (Å²) in [5.41, 5.74) is 0.619. The largest absolute Gasteiger partial charge is 0.496 e. The number of aliphatic hydroxyl groups excluding tert-OH is 1. The van der Waals surface area contributed by atoms with Gasteiger partial charge >= 0.3 is 0 Å². The van der Waals surface area contributed by atoms with Gasteiger partial charge in [0.25, 0.3) is 0 Å². The maximum Gasteiger partial charge on any atom is 0.130 e. The standard InChI is InChI=1S/C11H13FO2/c1-14-10-4-2-3-9(12)11(10)8-5-7(8)6-13/h2-4,7-8,13H,5-6H2,1H3. The van der Waals surface area contributed by atoms with Crippen LogP contribution in [-0.4, -0.2) is 18.8 Å². The first-order valence-corrected chi connectivity index (χ1v) is 4.71. The molecule has 0 radical (unpaired) electrons. The van der Waals surface area contributed by atoms with Gasteiger partial charge < -0.3 is 9.84 Å². The lowest BCUT2D eigenvalue weighted by Gasteiger charge is -2.08. The third-order valence-electron chi connectivity index (χ3n) is 2.76. The summed E-state index contributed by atoms with van der Waals surface area (Å²) < 4.78 is 18.6. The lowest BCUT2D eigenvalue weighted by Crippen LogP contribution is -1.96. The molecule has 1 aromatic rings. The van der Waals surface area contributed by atoms with E-state index in [-0.39, 0.29) is 24.3 Å². The quantitative estimate of drug-likeness (QED) is 0.800. The van der Waals surface area contributed by atoms with Crippen molar-refractivity contribution in [3.05, 3.63) is 29.6 Å². The van der Waals surface area contributed by atoms with E-state index >= 15 is 0 Å². The molecule has 1 N–H and O–H groups in total. The zero-order valence-corrected chi connectivity index (χ0v) is 8.03. The summed E-state index contributed by atoms with van der Waals surface area (Å²) in [7, 11) is 1.54. The Morgan fingerprint density at radius 2 is 2.36 bits per heavy atom. The molecule has 14 heavy (non-hydrogen) atoms. The molecule has 0 aliphatic heterocycles. The Bertz CT molecular complexity index is 338. The minimum Gasteiger partial charge on any atom is -0.496 e. The van der Waals surface area contributed by atoms with Gasteiger partial charge in [-0.3, -0.25) is 0 Å². The molecule has 0 spiro atoms. The maximum atomic E-state index is 13.5. The van der Waals surface area contributed by atoms with Gasteiger partial charge in [0.1, 0.15) is 11.6 Å². The van der Waals surface area contributed by atoms with E-state index < -0.39 is 0 Å². The third-order valence-corrected chi connectivity index (χ3v) is 2.76. The summed E-state index contributed by atoms with van der Waals surface area (Å²) in [6.45, 7) is 0.127. The van der Waals surface area contributed by atoms with Gasteiger partial charge in [0, 0.05) is 12.2 Å². The fraction of sp³-hybridized carbons (Fsp3) is 0.455. The van der Waals surface area contributed by atoms with Crippen molar-refractivity contribution in [2.24, 2.45) is 5.92 Å². The summed E-state index contributed by atoms with van der Waals surface area (Å²) in [5, 5.41) is 8.93. The average Bonchev–Trinajstić information content (AvgIpc) is 2.96. The van der Waals surface area contributed by atoms with Crippen molar-refractivity contribution in [3.63, 3.8) is 0 Å². The first-order chi connectivity index (χ1) is 6.77. The van der Waals surface area contributed by atoms with E-state index in [1.807, 2.05) is 0 Å². The van der Waals surface area contributed by atoms with E-state index in [4.69, 9.17) is 9.84 Å². The molecular weight excluding hydrogens is 183 g/mol. The third kappa shape index (κ3) is 1.48. The lowest BCUT2D eigenvalue weighted by molar-refractivity contribution is 0.273. The Labute approximate surface area is 82.3 Å². The van der Waals surface area contributed by atoms with Crippen molar-refractivity contribution in [2.45, 2.75) is 12.3 Å². The van der Waals surface area contributed by atoms with E-state index in [9.17, 15) is 4.39 Å². The number of hydrogen-bond donors (Lipinski definition) is 1. The van der Waals surface area contributed by atoms with Crippen LogP contribution < -0.4 is 4.74 Å². The van der Waals surface area contributed by atoms with Crippen LogP contribution >= 0.6 is 0 Å². The highest BCUT2D eigenvalue weighted by molar-refractivity contribution is 5.40. The minimum atomic E-state index is -0.231. The molecule has 0 bridgehead atoms. The van der Waals surface area contributed by atoms with Crippen molar-refractivity contribution < 1.29 is 14.2 Å². The van der Waals surface area contributed by atoms with Crippen LogP contribution in [0.3, 0.4) is 0 Å². The normalized spacial score (nSPS) is 24.8. The second kappa shape index (κ2) is 3.58. The number of aliphatic hydroxyl groups is 1. The topological polar surface area (TPSA) is 29.5 Å². The molecule has 0 saturated heterocycles. The van der Waals surface area contributed by atoms with Gasteiger partial charge in [0.2, 0.25) is 0 Å². The van der Waals surface area contributed by atoms with Crippen LogP contribution in [0.15, 0.2) is 18.2 Å². The highest BCUT2D eigenvalue weighted by Gasteiger charge is 2.41. The summed E-state index contributed by atoms with van der Waals surface area (Å²) in [5.74, 6) is 0.702. The van der Waals surface area contributed by atoms with E-state index in [1.165, 1.54) is 13.2 Å². The van der Waals surface area contributed by atoms with Crippen LogP contribution in [0.5, 0.6) is 5.75 Å².